The van der Waals surface area contributed by atoms with Crippen LogP contribution in [0.15, 0.2) is 66.7 Å². The molecule has 6 N–H and O–H groups in total. The topological polar surface area (TPSA) is 167 Å². The molecule has 13 nitrogen and oxygen atoms in total. The molecule has 0 bridgehead atoms. The summed E-state index contributed by atoms with van der Waals surface area (Å²) in [6, 6.07) is 18.1. The largest absolute Gasteiger partial charge is 0.488 e. The maximum Gasteiger partial charge on any atom is 0.414 e. The summed E-state index contributed by atoms with van der Waals surface area (Å²) in [6.45, 7) is 14.2. The second-order valence-corrected chi connectivity index (χ2v) is 17.4. The molecule has 0 unspecified atom stereocenters. The van der Waals surface area contributed by atoms with Crippen LogP contribution in [-0.4, -0.2) is 91.7 Å². The number of carbonyl (C=O) groups is 4. The summed E-state index contributed by atoms with van der Waals surface area (Å²) in [5.41, 5.74) is 8.47. The van der Waals surface area contributed by atoms with Crippen LogP contribution in [0.4, 0.5) is 21.0 Å². The zero-order valence-electron chi connectivity index (χ0n) is 35.9. The van der Waals surface area contributed by atoms with Crippen molar-refractivity contribution in [2.75, 3.05) is 55.4 Å². The molecule has 0 saturated heterocycles. The Labute approximate surface area is 360 Å². The number of hydrogen-bond donors (Lipinski definition) is 5. The van der Waals surface area contributed by atoms with Crippen molar-refractivity contribution in [1.82, 2.24) is 20.9 Å². The van der Waals surface area contributed by atoms with Gasteiger partial charge in [-0.25, -0.2) is 9.59 Å². The van der Waals surface area contributed by atoms with Crippen LogP contribution in [0.5, 0.6) is 5.75 Å². The molecule has 5 rings (SSSR count). The first kappa shape index (κ1) is 46.2. The quantitative estimate of drug-likeness (QED) is 0.0371. The van der Waals surface area contributed by atoms with Crippen molar-refractivity contribution in [3.63, 3.8) is 0 Å². The highest BCUT2D eigenvalue weighted by Crippen LogP contribution is 2.46. The fraction of sp³-hybridized carbons (Fsp3) is 0.522. The van der Waals surface area contributed by atoms with E-state index in [2.05, 4.69) is 65.4 Å². The lowest BCUT2D eigenvalue weighted by atomic mass is 9.95. The maximum atomic E-state index is 13.3. The number of ether oxygens (including phenoxy) is 2. The van der Waals surface area contributed by atoms with Crippen LogP contribution in [0.2, 0.25) is 0 Å². The summed E-state index contributed by atoms with van der Waals surface area (Å²) in [4.78, 5) is 51.1. The van der Waals surface area contributed by atoms with E-state index < -0.39 is 17.7 Å². The second kappa shape index (κ2) is 22.1. The van der Waals surface area contributed by atoms with Crippen LogP contribution in [-0.2, 0) is 20.9 Å². The average Bonchev–Trinajstić information content (AvgIpc) is 3.75. The third-order valence-electron chi connectivity index (χ3n) is 10.9. The molecular weight excluding hydrogens is 782 g/mol. The standard InChI is InChI=1S/C46H64ClN7O6/c1-31(2)38(49-22-10-6-7-11-24-53-41(55)20-21-42(53)56)28-52-35(13-12-23-50-44(48)57)27-51-34-18-16-32(17-19-34)30-59-40-25-39-43(37-15-9-8-14-36(37)40)33(26-47)29-54(39)45(58)60-46(3,4)5/h8-9,14-21,25,31,33,35,38,49,51-52H,6-7,10-13,22-24,26-30H2,1-5H3,(H3,48,50,57)/t33-,35+,38-/m1/s1. The molecule has 0 radical (unpaired) electrons. The SMILES string of the molecule is CC(C)[C@@H](CN[C@@H](CCCNC(N)=O)CNc1ccc(COc2cc3c(c4ccccc24)[C@H](CCl)CN3C(=O)OC(C)(C)C)cc1)NCCCCCCN1C(=O)C=CC1=O. The minimum atomic E-state index is -0.632. The molecule has 0 aromatic heterocycles. The number of fused-ring (bicyclic) bond motifs is 3. The number of halogens is 1. The molecule has 0 aliphatic carbocycles. The fourth-order valence-corrected chi connectivity index (χ4v) is 7.88. The molecule has 2 aliphatic rings. The predicted molar refractivity (Wildman–Crippen MR) is 240 cm³/mol. The Morgan fingerprint density at radius 2 is 1.60 bits per heavy atom. The number of unbranched alkanes of at least 4 members (excludes halogenated alkanes) is 3. The Hall–Kier alpha value is -4.85. The van der Waals surface area contributed by atoms with Gasteiger partial charge in [-0.2, -0.15) is 0 Å². The van der Waals surface area contributed by atoms with E-state index in [1.807, 2.05) is 45.0 Å². The molecule has 3 aromatic rings. The molecule has 326 valence electrons. The number of benzene rings is 3. The number of rotatable bonds is 23. The number of imide groups is 1. The molecule has 0 fully saturated rings. The first-order chi connectivity index (χ1) is 28.7. The molecule has 0 spiro atoms. The number of nitrogens with one attached hydrogen (secondary N) is 4. The normalized spacial score (nSPS) is 16.1. The molecule has 0 saturated carbocycles. The number of carbonyl (C=O) groups excluding carboxylic acids is 4. The molecule has 2 heterocycles. The molecule has 3 atom stereocenters. The maximum absolute atomic E-state index is 13.3. The highest BCUT2D eigenvalue weighted by atomic mass is 35.5. The zero-order chi connectivity index (χ0) is 43.2. The monoisotopic (exact) mass is 845 g/mol. The van der Waals surface area contributed by atoms with Crippen molar-refractivity contribution >= 4 is 57.7 Å². The smallest absolute Gasteiger partial charge is 0.414 e. The van der Waals surface area contributed by atoms with Crippen LogP contribution in [0.3, 0.4) is 0 Å². The average molecular weight is 847 g/mol. The first-order valence-corrected chi connectivity index (χ1v) is 21.9. The van der Waals surface area contributed by atoms with Gasteiger partial charge in [0.05, 0.1) is 5.69 Å². The summed E-state index contributed by atoms with van der Waals surface area (Å²) in [5, 5.41) is 15.8. The number of anilines is 2. The number of urea groups is 1. The number of hydrogen-bond acceptors (Lipinski definition) is 9. The van der Waals surface area contributed by atoms with Crippen molar-refractivity contribution in [1.29, 1.82) is 0 Å². The third kappa shape index (κ3) is 13.3. The Morgan fingerprint density at radius 1 is 0.900 bits per heavy atom. The highest BCUT2D eigenvalue weighted by molar-refractivity contribution is 6.19. The summed E-state index contributed by atoms with van der Waals surface area (Å²) >= 11 is 6.45. The van der Waals surface area contributed by atoms with E-state index in [9.17, 15) is 19.2 Å². The Balaban J connectivity index is 1.14. The molecule has 60 heavy (non-hydrogen) atoms. The van der Waals surface area contributed by atoms with Crippen molar-refractivity contribution in [3.05, 3.63) is 77.9 Å². The molecule has 14 heteroatoms. The summed E-state index contributed by atoms with van der Waals surface area (Å²) in [7, 11) is 0. The molecule has 2 aliphatic heterocycles. The van der Waals surface area contributed by atoms with Crippen molar-refractivity contribution in [2.45, 2.75) is 103 Å². The van der Waals surface area contributed by atoms with Gasteiger partial charge in [0.1, 0.15) is 18.0 Å². The van der Waals surface area contributed by atoms with Crippen LogP contribution in [0, 0.1) is 5.92 Å². The minimum absolute atomic E-state index is 0.0247. The van der Waals surface area contributed by atoms with E-state index in [-0.39, 0.29) is 29.8 Å². The van der Waals surface area contributed by atoms with Gasteiger partial charge in [0.25, 0.3) is 11.8 Å². The van der Waals surface area contributed by atoms with Crippen molar-refractivity contribution < 1.29 is 28.7 Å². The number of nitrogens with two attached hydrogens (primary N) is 1. The Morgan fingerprint density at radius 3 is 2.27 bits per heavy atom. The third-order valence-corrected chi connectivity index (χ3v) is 11.3. The first-order valence-electron chi connectivity index (χ1n) is 21.4. The van der Waals surface area contributed by atoms with E-state index in [1.54, 1.807) is 4.90 Å². The van der Waals surface area contributed by atoms with Crippen LogP contribution < -0.4 is 36.6 Å². The van der Waals surface area contributed by atoms with Crippen molar-refractivity contribution in [2.24, 2.45) is 11.7 Å². The van der Waals surface area contributed by atoms with E-state index in [4.69, 9.17) is 26.8 Å². The lowest BCUT2D eigenvalue weighted by Crippen LogP contribution is -2.47. The lowest BCUT2D eigenvalue weighted by Gasteiger charge is -2.27. The molecule has 5 amide bonds. The highest BCUT2D eigenvalue weighted by Gasteiger charge is 2.37. The van der Waals surface area contributed by atoms with Gasteiger partial charge >= 0.3 is 12.1 Å². The molecular formula is C46H64ClN7O6. The van der Waals surface area contributed by atoms with Gasteiger partial charge in [0.2, 0.25) is 0 Å². The summed E-state index contributed by atoms with van der Waals surface area (Å²) < 4.78 is 12.2. The van der Waals surface area contributed by atoms with E-state index in [0.29, 0.717) is 50.3 Å². The number of alkyl halides is 1. The van der Waals surface area contributed by atoms with Crippen LogP contribution in [0.25, 0.3) is 10.8 Å². The van der Waals surface area contributed by atoms with Crippen molar-refractivity contribution in [3.8, 4) is 5.75 Å². The number of amides is 5. The fourth-order valence-electron chi connectivity index (χ4n) is 7.63. The second-order valence-electron chi connectivity index (χ2n) is 17.1. The lowest BCUT2D eigenvalue weighted by molar-refractivity contribution is -0.136. The van der Waals surface area contributed by atoms with Gasteiger partial charge in [0.15, 0.2) is 0 Å². The van der Waals surface area contributed by atoms with Gasteiger partial charge in [-0.3, -0.25) is 19.4 Å². The van der Waals surface area contributed by atoms with E-state index in [1.165, 1.54) is 17.1 Å². The van der Waals surface area contributed by atoms with Gasteiger partial charge in [-0.15, -0.1) is 11.6 Å². The predicted octanol–water partition coefficient (Wildman–Crippen LogP) is 7.41. The zero-order valence-corrected chi connectivity index (χ0v) is 36.6. The number of nitrogens with zero attached hydrogens (tertiary/aromatic N) is 2. The van der Waals surface area contributed by atoms with Crippen LogP contribution in [0.1, 0.15) is 90.2 Å². The minimum Gasteiger partial charge on any atom is -0.488 e. The Kier molecular flexibility index (Phi) is 17.0. The van der Waals surface area contributed by atoms with E-state index >= 15 is 0 Å². The van der Waals surface area contributed by atoms with Gasteiger partial charge in [0, 0.05) is 85.9 Å². The van der Waals surface area contributed by atoms with Crippen LogP contribution >= 0.6 is 11.6 Å². The molecule has 3 aromatic carbocycles. The van der Waals surface area contributed by atoms with Gasteiger partial charge in [-0.05, 0) is 87.6 Å². The summed E-state index contributed by atoms with van der Waals surface area (Å²) in [6.07, 6.45) is 7.70. The Bertz CT molecular complexity index is 1930. The van der Waals surface area contributed by atoms with Gasteiger partial charge in [-0.1, -0.05) is 63.1 Å². The van der Waals surface area contributed by atoms with E-state index in [0.717, 1.165) is 84.9 Å². The number of primary amides is 1. The summed E-state index contributed by atoms with van der Waals surface area (Å²) in [5.74, 6) is 1.03. The van der Waals surface area contributed by atoms with Gasteiger partial charge < -0.3 is 36.5 Å².